The summed E-state index contributed by atoms with van der Waals surface area (Å²) in [4.78, 5) is 33.2. The number of ether oxygens (including phenoxy) is 3. The molecular weight excluding hydrogens is 522 g/mol. The standard InChI is InChI=1S/C32H41N3O6/c1-24-5-9-27(10-6-24)32(37)35(16-15-33-17-19-40-20-18-33)23-31(36)34(22-28-11-7-25(2)41-28)14-13-26-8-12-29(38-3)30(21-26)39-4/h5-12,21H,13-20,22-23H2,1-4H3. The van der Waals surface area contributed by atoms with E-state index in [1.165, 1.54) is 0 Å². The Morgan fingerprint density at radius 3 is 2.27 bits per heavy atom. The molecule has 1 saturated heterocycles. The second kappa shape index (κ2) is 14.7. The summed E-state index contributed by atoms with van der Waals surface area (Å²) in [6.45, 7) is 8.72. The summed E-state index contributed by atoms with van der Waals surface area (Å²) in [5, 5.41) is 0. The van der Waals surface area contributed by atoms with E-state index in [9.17, 15) is 9.59 Å². The number of morpholine rings is 1. The molecule has 0 bridgehead atoms. The van der Waals surface area contributed by atoms with Crippen LogP contribution >= 0.6 is 0 Å². The molecule has 0 aliphatic carbocycles. The van der Waals surface area contributed by atoms with Crippen LogP contribution in [0.2, 0.25) is 0 Å². The molecule has 41 heavy (non-hydrogen) atoms. The lowest BCUT2D eigenvalue weighted by Gasteiger charge is -2.31. The SMILES string of the molecule is COc1ccc(CCN(Cc2ccc(C)o2)C(=O)CN(CCN2CCOCC2)C(=O)c2ccc(C)cc2)cc1OC. The van der Waals surface area contributed by atoms with Gasteiger partial charge in [0.1, 0.15) is 18.1 Å². The predicted molar refractivity (Wildman–Crippen MR) is 156 cm³/mol. The molecule has 0 N–H and O–H groups in total. The molecule has 2 heterocycles. The molecule has 0 atom stereocenters. The van der Waals surface area contributed by atoms with Crippen molar-refractivity contribution in [3.8, 4) is 11.5 Å². The van der Waals surface area contributed by atoms with E-state index >= 15 is 0 Å². The van der Waals surface area contributed by atoms with E-state index < -0.39 is 0 Å². The van der Waals surface area contributed by atoms with Crippen molar-refractivity contribution in [1.29, 1.82) is 0 Å². The molecule has 0 radical (unpaired) electrons. The Kier molecular flexibility index (Phi) is 10.8. The van der Waals surface area contributed by atoms with E-state index in [4.69, 9.17) is 18.6 Å². The lowest BCUT2D eigenvalue weighted by Crippen LogP contribution is -2.47. The summed E-state index contributed by atoms with van der Waals surface area (Å²) in [6.07, 6.45) is 0.603. The molecule has 0 spiro atoms. The predicted octanol–water partition coefficient (Wildman–Crippen LogP) is 3.96. The molecule has 9 nitrogen and oxygen atoms in total. The molecule has 1 aromatic heterocycles. The van der Waals surface area contributed by atoms with Crippen LogP contribution in [0.1, 0.15) is 33.0 Å². The fraction of sp³-hybridized carbons (Fsp3) is 0.438. The fourth-order valence-corrected chi connectivity index (χ4v) is 4.83. The first-order valence-electron chi connectivity index (χ1n) is 14.1. The Bertz CT molecular complexity index is 1280. The highest BCUT2D eigenvalue weighted by Gasteiger charge is 2.24. The van der Waals surface area contributed by atoms with Crippen molar-refractivity contribution in [2.24, 2.45) is 0 Å². The van der Waals surface area contributed by atoms with Crippen LogP contribution in [-0.4, -0.2) is 93.2 Å². The number of rotatable bonds is 13. The van der Waals surface area contributed by atoms with Crippen LogP contribution in [0.25, 0.3) is 0 Å². The first-order valence-corrected chi connectivity index (χ1v) is 14.1. The molecular formula is C32H41N3O6. The Hall–Kier alpha value is -3.82. The summed E-state index contributed by atoms with van der Waals surface area (Å²) < 4.78 is 22.1. The number of hydrogen-bond donors (Lipinski definition) is 0. The minimum absolute atomic E-state index is 0.0251. The van der Waals surface area contributed by atoms with Crippen molar-refractivity contribution in [1.82, 2.24) is 14.7 Å². The van der Waals surface area contributed by atoms with Crippen molar-refractivity contribution in [3.05, 3.63) is 82.8 Å². The van der Waals surface area contributed by atoms with E-state index in [1.807, 2.05) is 68.4 Å². The number of carbonyl (C=O) groups is 2. The van der Waals surface area contributed by atoms with E-state index in [2.05, 4.69) is 4.90 Å². The Balaban J connectivity index is 1.51. The van der Waals surface area contributed by atoms with Crippen molar-refractivity contribution in [2.45, 2.75) is 26.8 Å². The van der Waals surface area contributed by atoms with Crippen molar-refractivity contribution in [2.75, 3.05) is 66.7 Å². The van der Waals surface area contributed by atoms with Gasteiger partial charge in [0, 0.05) is 38.3 Å². The maximum atomic E-state index is 13.9. The van der Waals surface area contributed by atoms with E-state index in [0.717, 1.165) is 30.0 Å². The van der Waals surface area contributed by atoms with Crippen LogP contribution in [0.15, 0.2) is 59.0 Å². The molecule has 3 aromatic rings. The lowest BCUT2D eigenvalue weighted by molar-refractivity contribution is -0.132. The van der Waals surface area contributed by atoms with Crippen LogP contribution in [0.5, 0.6) is 11.5 Å². The Labute approximate surface area is 242 Å². The topological polar surface area (TPSA) is 84.7 Å². The third-order valence-corrected chi connectivity index (χ3v) is 7.32. The van der Waals surface area contributed by atoms with Crippen LogP contribution in [-0.2, 0) is 22.5 Å². The third-order valence-electron chi connectivity index (χ3n) is 7.32. The monoisotopic (exact) mass is 563 g/mol. The number of nitrogens with zero attached hydrogens (tertiary/aromatic N) is 3. The zero-order valence-electron chi connectivity index (χ0n) is 24.6. The van der Waals surface area contributed by atoms with Crippen molar-refractivity contribution < 1.29 is 28.2 Å². The summed E-state index contributed by atoms with van der Waals surface area (Å²) in [7, 11) is 3.21. The van der Waals surface area contributed by atoms with E-state index in [1.54, 1.807) is 24.0 Å². The summed E-state index contributed by atoms with van der Waals surface area (Å²) >= 11 is 0. The fourth-order valence-electron chi connectivity index (χ4n) is 4.83. The number of furan rings is 1. The molecule has 1 aliphatic heterocycles. The smallest absolute Gasteiger partial charge is 0.254 e. The largest absolute Gasteiger partial charge is 0.493 e. The molecule has 2 amide bonds. The molecule has 1 aliphatic rings. The first kappa shape index (κ1) is 30.1. The number of carbonyl (C=O) groups excluding carboxylic acids is 2. The quantitative estimate of drug-likeness (QED) is 0.311. The average molecular weight is 564 g/mol. The number of hydrogen-bond acceptors (Lipinski definition) is 7. The molecule has 4 rings (SSSR count). The van der Waals surface area contributed by atoms with Gasteiger partial charge in [0.25, 0.3) is 5.91 Å². The third kappa shape index (κ3) is 8.58. The van der Waals surface area contributed by atoms with Gasteiger partial charge >= 0.3 is 0 Å². The van der Waals surface area contributed by atoms with Crippen LogP contribution in [0.4, 0.5) is 0 Å². The number of benzene rings is 2. The zero-order chi connectivity index (χ0) is 29.2. The second-order valence-electron chi connectivity index (χ2n) is 10.3. The highest BCUT2D eigenvalue weighted by Crippen LogP contribution is 2.28. The van der Waals surface area contributed by atoms with Crippen LogP contribution < -0.4 is 9.47 Å². The lowest BCUT2D eigenvalue weighted by atomic mass is 10.1. The molecule has 1 fully saturated rings. The maximum Gasteiger partial charge on any atom is 0.254 e. The maximum absolute atomic E-state index is 13.9. The first-order chi connectivity index (χ1) is 19.9. The van der Waals surface area contributed by atoms with E-state index in [0.29, 0.717) is 68.6 Å². The normalized spacial score (nSPS) is 13.6. The van der Waals surface area contributed by atoms with Crippen LogP contribution in [0.3, 0.4) is 0 Å². The van der Waals surface area contributed by atoms with Gasteiger partial charge in [-0.25, -0.2) is 0 Å². The molecule has 9 heteroatoms. The molecule has 0 unspecified atom stereocenters. The van der Waals surface area contributed by atoms with Gasteiger partial charge in [0.2, 0.25) is 5.91 Å². The van der Waals surface area contributed by atoms with Crippen molar-refractivity contribution in [3.63, 3.8) is 0 Å². The van der Waals surface area contributed by atoms with Gasteiger partial charge in [-0.05, 0) is 62.2 Å². The minimum atomic E-state index is -0.153. The van der Waals surface area contributed by atoms with Gasteiger partial charge in [-0.1, -0.05) is 23.8 Å². The minimum Gasteiger partial charge on any atom is -0.493 e. The Morgan fingerprint density at radius 1 is 0.878 bits per heavy atom. The molecule has 2 aromatic carbocycles. The molecule has 0 saturated carbocycles. The van der Waals surface area contributed by atoms with Crippen molar-refractivity contribution >= 4 is 11.8 Å². The average Bonchev–Trinajstić information content (AvgIpc) is 3.41. The van der Waals surface area contributed by atoms with E-state index in [-0.39, 0.29) is 18.4 Å². The second-order valence-corrected chi connectivity index (χ2v) is 10.3. The highest BCUT2D eigenvalue weighted by atomic mass is 16.5. The number of aryl methyl sites for hydroxylation is 2. The van der Waals surface area contributed by atoms with Gasteiger partial charge in [-0.2, -0.15) is 0 Å². The summed E-state index contributed by atoms with van der Waals surface area (Å²) in [5.41, 5.74) is 2.66. The molecule has 220 valence electrons. The van der Waals surface area contributed by atoms with Crippen LogP contribution in [0, 0.1) is 13.8 Å². The van der Waals surface area contributed by atoms with Gasteiger partial charge < -0.3 is 28.4 Å². The van der Waals surface area contributed by atoms with Gasteiger partial charge in [-0.15, -0.1) is 0 Å². The van der Waals surface area contributed by atoms with Gasteiger partial charge in [-0.3, -0.25) is 14.5 Å². The van der Waals surface area contributed by atoms with Gasteiger partial charge in [0.05, 0.1) is 34.0 Å². The summed E-state index contributed by atoms with van der Waals surface area (Å²) in [6, 6.07) is 17.0. The Morgan fingerprint density at radius 2 is 1.61 bits per heavy atom. The highest BCUT2D eigenvalue weighted by molar-refractivity contribution is 5.96. The number of amides is 2. The number of methoxy groups -OCH3 is 2. The zero-order valence-corrected chi connectivity index (χ0v) is 24.6. The van der Waals surface area contributed by atoms with Gasteiger partial charge in [0.15, 0.2) is 11.5 Å². The summed E-state index contributed by atoms with van der Waals surface area (Å²) in [5.74, 6) is 2.49.